The Kier molecular flexibility index (Phi) is 4.63. The van der Waals surface area contributed by atoms with Crippen LogP contribution in [0.1, 0.15) is 44.9 Å². The summed E-state index contributed by atoms with van der Waals surface area (Å²) < 4.78 is 5.11. The number of hydrogen-bond acceptors (Lipinski definition) is 3. The van der Waals surface area contributed by atoms with Crippen molar-refractivity contribution in [1.82, 2.24) is 10.6 Å². The van der Waals surface area contributed by atoms with Gasteiger partial charge in [0.15, 0.2) is 5.54 Å². The van der Waals surface area contributed by atoms with Gasteiger partial charge in [-0.05, 0) is 12.8 Å². The topological polar surface area (TPSA) is 87.7 Å². The van der Waals surface area contributed by atoms with E-state index < -0.39 is 11.5 Å². The molecule has 1 saturated carbocycles. The third-order valence-corrected chi connectivity index (χ3v) is 3.97. The molecular formula is C13H22N2O4. The summed E-state index contributed by atoms with van der Waals surface area (Å²) in [6, 6.07) is -0.226. The lowest BCUT2D eigenvalue weighted by molar-refractivity contribution is -0.144. The Morgan fingerprint density at radius 1 is 1.16 bits per heavy atom. The van der Waals surface area contributed by atoms with E-state index in [1.807, 2.05) is 0 Å². The zero-order valence-electron chi connectivity index (χ0n) is 11.1. The molecule has 1 atom stereocenters. The minimum absolute atomic E-state index is 0.0421. The molecule has 2 aliphatic rings. The number of carboxylic acids is 1. The van der Waals surface area contributed by atoms with Crippen LogP contribution in [-0.4, -0.2) is 41.9 Å². The van der Waals surface area contributed by atoms with E-state index in [9.17, 15) is 14.7 Å². The van der Waals surface area contributed by atoms with Crippen LogP contribution in [0.2, 0.25) is 0 Å². The number of urea groups is 1. The maximum Gasteiger partial charge on any atom is 0.332 e. The van der Waals surface area contributed by atoms with Crippen LogP contribution in [0.25, 0.3) is 0 Å². The van der Waals surface area contributed by atoms with E-state index in [0.29, 0.717) is 13.0 Å². The molecule has 0 spiro atoms. The first-order chi connectivity index (χ1) is 9.12. The molecular weight excluding hydrogens is 248 g/mol. The van der Waals surface area contributed by atoms with Crippen molar-refractivity contribution in [3.05, 3.63) is 0 Å². The van der Waals surface area contributed by atoms with E-state index in [1.165, 1.54) is 12.8 Å². The summed E-state index contributed by atoms with van der Waals surface area (Å²) in [5.41, 5.74) is -1.26. The molecule has 1 heterocycles. The number of aliphatic carboxylic acids is 1. The smallest absolute Gasteiger partial charge is 0.332 e. The van der Waals surface area contributed by atoms with Gasteiger partial charge in [0, 0.05) is 19.1 Å². The van der Waals surface area contributed by atoms with Gasteiger partial charge in [-0.2, -0.15) is 0 Å². The van der Waals surface area contributed by atoms with Crippen molar-refractivity contribution >= 4 is 12.0 Å². The molecule has 3 N–H and O–H groups in total. The molecule has 0 aromatic carbocycles. The van der Waals surface area contributed by atoms with Crippen LogP contribution in [0.5, 0.6) is 0 Å². The largest absolute Gasteiger partial charge is 0.479 e. The molecule has 1 saturated heterocycles. The minimum Gasteiger partial charge on any atom is -0.479 e. The van der Waals surface area contributed by atoms with Crippen molar-refractivity contribution in [2.45, 2.75) is 56.5 Å². The van der Waals surface area contributed by atoms with E-state index in [2.05, 4.69) is 10.6 Å². The molecule has 2 rings (SSSR count). The van der Waals surface area contributed by atoms with Crippen molar-refractivity contribution in [3.63, 3.8) is 0 Å². The molecule has 108 valence electrons. The fraction of sp³-hybridized carbons (Fsp3) is 0.846. The second kappa shape index (κ2) is 6.23. The average molecular weight is 270 g/mol. The highest BCUT2D eigenvalue weighted by atomic mass is 16.5. The van der Waals surface area contributed by atoms with Crippen molar-refractivity contribution in [2.75, 3.05) is 13.2 Å². The number of carboxylic acid groups (broad SMARTS) is 1. The first-order valence-corrected chi connectivity index (χ1v) is 7.02. The van der Waals surface area contributed by atoms with Gasteiger partial charge in [-0.25, -0.2) is 9.59 Å². The monoisotopic (exact) mass is 270 g/mol. The first-order valence-electron chi connectivity index (χ1n) is 7.02. The Labute approximate surface area is 112 Å². The van der Waals surface area contributed by atoms with E-state index >= 15 is 0 Å². The van der Waals surface area contributed by atoms with Gasteiger partial charge in [0.05, 0.1) is 6.61 Å². The Morgan fingerprint density at radius 3 is 2.37 bits per heavy atom. The summed E-state index contributed by atoms with van der Waals surface area (Å²) in [5.74, 6) is -1.03. The predicted molar refractivity (Wildman–Crippen MR) is 69.0 cm³/mol. The second-order valence-corrected chi connectivity index (χ2v) is 5.48. The number of ether oxygens (including phenoxy) is 1. The van der Waals surface area contributed by atoms with Gasteiger partial charge >= 0.3 is 12.0 Å². The zero-order chi connectivity index (χ0) is 13.7. The van der Waals surface area contributed by atoms with Crippen LogP contribution in [-0.2, 0) is 9.53 Å². The van der Waals surface area contributed by atoms with Crippen molar-refractivity contribution < 1.29 is 19.4 Å². The Morgan fingerprint density at radius 2 is 1.84 bits per heavy atom. The van der Waals surface area contributed by atoms with Crippen molar-refractivity contribution in [1.29, 1.82) is 0 Å². The molecule has 2 amide bonds. The van der Waals surface area contributed by atoms with E-state index in [0.717, 1.165) is 25.7 Å². The number of carbonyl (C=O) groups is 2. The van der Waals surface area contributed by atoms with Crippen molar-refractivity contribution in [3.8, 4) is 0 Å². The minimum atomic E-state index is -1.26. The third kappa shape index (κ3) is 3.59. The van der Waals surface area contributed by atoms with Gasteiger partial charge < -0.3 is 20.5 Å². The molecule has 19 heavy (non-hydrogen) atoms. The van der Waals surface area contributed by atoms with Crippen LogP contribution >= 0.6 is 0 Å². The predicted octanol–water partition coefficient (Wildman–Crippen LogP) is 1.25. The summed E-state index contributed by atoms with van der Waals surface area (Å²) in [6.45, 7) is 0.413. The van der Waals surface area contributed by atoms with Crippen LogP contribution in [0.15, 0.2) is 0 Å². The molecule has 6 nitrogen and oxygen atoms in total. The normalized spacial score (nSPS) is 28.6. The quantitative estimate of drug-likeness (QED) is 0.674. The van der Waals surface area contributed by atoms with E-state index in [-0.39, 0.29) is 18.7 Å². The highest BCUT2D eigenvalue weighted by molar-refractivity contribution is 5.86. The third-order valence-electron chi connectivity index (χ3n) is 3.97. The number of amides is 2. The highest BCUT2D eigenvalue weighted by Crippen LogP contribution is 2.20. The molecule has 6 heteroatoms. The molecule has 0 bridgehead atoms. The van der Waals surface area contributed by atoms with Crippen LogP contribution < -0.4 is 10.6 Å². The SMILES string of the molecule is O=C(NC1CCCCCC1)NC1(C(=O)O)CCOC1. The number of carbonyl (C=O) groups excluding carboxylic acids is 1. The van der Waals surface area contributed by atoms with Crippen LogP contribution in [0, 0.1) is 0 Å². The summed E-state index contributed by atoms with van der Waals surface area (Å²) in [7, 11) is 0. The summed E-state index contributed by atoms with van der Waals surface area (Å²) >= 11 is 0. The van der Waals surface area contributed by atoms with E-state index in [1.54, 1.807) is 0 Å². The molecule has 0 aromatic rings. The first kappa shape index (κ1) is 14.1. The van der Waals surface area contributed by atoms with Crippen molar-refractivity contribution in [2.24, 2.45) is 0 Å². The fourth-order valence-electron chi connectivity index (χ4n) is 2.75. The highest BCUT2D eigenvalue weighted by Gasteiger charge is 2.44. The maximum atomic E-state index is 11.9. The standard InChI is InChI=1S/C13H22N2O4/c16-11(17)13(7-8-19-9-13)15-12(18)14-10-5-3-1-2-4-6-10/h10H,1-9H2,(H,16,17)(H2,14,15,18). The zero-order valence-corrected chi connectivity index (χ0v) is 11.1. The average Bonchev–Trinajstić information content (AvgIpc) is 2.68. The van der Waals surface area contributed by atoms with Gasteiger partial charge in [-0.3, -0.25) is 0 Å². The lowest BCUT2D eigenvalue weighted by atomic mass is 9.99. The molecule has 1 aliphatic heterocycles. The molecule has 1 aliphatic carbocycles. The molecule has 1 unspecified atom stereocenters. The Bertz CT molecular complexity index is 332. The fourth-order valence-corrected chi connectivity index (χ4v) is 2.75. The molecule has 0 aromatic heterocycles. The number of hydrogen-bond donors (Lipinski definition) is 3. The summed E-state index contributed by atoms with van der Waals surface area (Å²) in [5, 5.41) is 14.7. The lowest BCUT2D eigenvalue weighted by Crippen LogP contribution is -2.58. The number of nitrogens with one attached hydrogen (secondary N) is 2. The van der Waals surface area contributed by atoms with Gasteiger partial charge in [0.1, 0.15) is 0 Å². The van der Waals surface area contributed by atoms with E-state index in [4.69, 9.17) is 4.74 Å². The summed E-state index contributed by atoms with van der Waals surface area (Å²) in [4.78, 5) is 23.2. The second-order valence-electron chi connectivity index (χ2n) is 5.48. The lowest BCUT2D eigenvalue weighted by Gasteiger charge is -2.25. The van der Waals surface area contributed by atoms with Crippen LogP contribution in [0.4, 0.5) is 4.79 Å². The van der Waals surface area contributed by atoms with Gasteiger partial charge in [0.2, 0.25) is 0 Å². The van der Waals surface area contributed by atoms with Gasteiger partial charge in [0.25, 0.3) is 0 Å². The van der Waals surface area contributed by atoms with Crippen LogP contribution in [0.3, 0.4) is 0 Å². The Hall–Kier alpha value is -1.30. The van der Waals surface area contributed by atoms with Gasteiger partial charge in [-0.15, -0.1) is 0 Å². The maximum absolute atomic E-state index is 11.9. The molecule has 0 radical (unpaired) electrons. The Balaban J connectivity index is 1.87. The molecule has 2 fully saturated rings. The van der Waals surface area contributed by atoms with Gasteiger partial charge in [-0.1, -0.05) is 25.7 Å². The number of rotatable bonds is 3. The summed E-state index contributed by atoms with van der Waals surface area (Å²) in [6.07, 6.45) is 6.95.